The molecule has 0 saturated carbocycles. The summed E-state index contributed by atoms with van der Waals surface area (Å²) in [6.45, 7) is -0.308. The predicted octanol–water partition coefficient (Wildman–Crippen LogP) is -0.948. The van der Waals surface area contributed by atoms with E-state index in [2.05, 4.69) is 4.72 Å². The van der Waals surface area contributed by atoms with E-state index in [1.54, 1.807) is 0 Å². The number of sulfonamides is 1. The summed E-state index contributed by atoms with van der Waals surface area (Å²) in [5, 5.41) is -0.793. The van der Waals surface area contributed by atoms with Gasteiger partial charge in [0.2, 0.25) is 19.1 Å². The van der Waals surface area contributed by atoms with Gasteiger partial charge >= 0.3 is 0 Å². The summed E-state index contributed by atoms with van der Waals surface area (Å²) in [7, 11) is -5.63. The normalized spacial score (nSPS) is 21.8. The van der Waals surface area contributed by atoms with Crippen molar-refractivity contribution in [2.45, 2.75) is 18.1 Å². The average Bonchev–Trinajstić information content (AvgIpc) is 2.14. The smallest absolute Gasteiger partial charge is 0.229 e. The zero-order chi connectivity index (χ0) is 14.0. The molecule has 0 bridgehead atoms. The van der Waals surface area contributed by atoms with Crippen molar-refractivity contribution in [2.75, 3.05) is 23.8 Å². The maximum Gasteiger partial charge on any atom is 0.233 e. The lowest BCUT2D eigenvalue weighted by Crippen LogP contribution is -2.41. The van der Waals surface area contributed by atoms with Gasteiger partial charge in [0.1, 0.15) is 9.84 Å². The molecule has 0 spiro atoms. The Morgan fingerprint density at radius 2 is 1.61 bits per heavy atom. The minimum absolute atomic E-state index is 0.0330. The Morgan fingerprint density at radius 1 is 1.11 bits per heavy atom. The molecule has 1 N–H and O–H groups in total. The van der Waals surface area contributed by atoms with Gasteiger partial charge in [0, 0.05) is 17.2 Å². The van der Waals surface area contributed by atoms with Gasteiger partial charge in [0.15, 0.2) is 0 Å². The molecule has 108 valence electrons. The van der Waals surface area contributed by atoms with E-state index in [1.165, 1.54) is 0 Å². The lowest BCUT2D eigenvalue weighted by Gasteiger charge is -2.22. The topological polar surface area (TPSA) is 114 Å². The first kappa shape index (κ1) is 16.2. The molecule has 0 radical (unpaired) electrons. The van der Waals surface area contributed by atoms with Crippen LogP contribution in [0.15, 0.2) is 0 Å². The van der Waals surface area contributed by atoms with Crippen molar-refractivity contribution in [2.24, 2.45) is 0 Å². The molecule has 1 fully saturated rings. The summed E-state index contributed by atoms with van der Waals surface area (Å²) >= 11 is 0. The molecule has 0 atom stereocenters. The van der Waals surface area contributed by atoms with Crippen molar-refractivity contribution in [3.8, 4) is 0 Å². The lowest BCUT2D eigenvalue weighted by atomic mass is 10.2. The van der Waals surface area contributed by atoms with Gasteiger partial charge in [-0.1, -0.05) is 0 Å². The van der Waals surface area contributed by atoms with E-state index in [0.29, 0.717) is 0 Å². The standard InChI is InChI=1S/C7H14ClNO6S3/c8-17(12,13)6-3-9-18(14,15)7-1-4-16(10,11)5-2-7/h7,9H,1-6H2. The molecule has 11 heteroatoms. The molecule has 1 saturated heterocycles. The van der Waals surface area contributed by atoms with E-state index >= 15 is 0 Å². The van der Waals surface area contributed by atoms with Crippen LogP contribution in [0.1, 0.15) is 12.8 Å². The first-order valence-corrected chi connectivity index (χ1v) is 11.0. The summed E-state index contributed by atoms with van der Waals surface area (Å²) in [6.07, 6.45) is 0.0661. The number of halogens is 1. The molecule has 1 aliphatic rings. The molecule has 0 aromatic rings. The Bertz CT molecular complexity index is 579. The van der Waals surface area contributed by atoms with Gasteiger partial charge in [-0.3, -0.25) is 0 Å². The molecule has 0 aromatic heterocycles. The van der Waals surface area contributed by atoms with Crippen molar-refractivity contribution in [3.05, 3.63) is 0 Å². The van der Waals surface area contributed by atoms with E-state index in [4.69, 9.17) is 10.7 Å². The van der Waals surface area contributed by atoms with Crippen molar-refractivity contribution in [1.82, 2.24) is 4.72 Å². The fourth-order valence-corrected chi connectivity index (χ4v) is 5.58. The minimum atomic E-state index is -3.75. The van der Waals surface area contributed by atoms with Crippen LogP contribution >= 0.6 is 10.7 Å². The lowest BCUT2D eigenvalue weighted by molar-refractivity contribution is 0.544. The fourth-order valence-electron chi connectivity index (χ4n) is 1.60. The Labute approximate surface area is 111 Å². The highest BCUT2D eigenvalue weighted by molar-refractivity contribution is 8.13. The van der Waals surface area contributed by atoms with Crippen molar-refractivity contribution in [1.29, 1.82) is 0 Å². The van der Waals surface area contributed by atoms with Crippen LogP contribution in [0.25, 0.3) is 0 Å². The maximum atomic E-state index is 11.7. The van der Waals surface area contributed by atoms with Crippen LogP contribution in [0.2, 0.25) is 0 Å². The van der Waals surface area contributed by atoms with Crippen LogP contribution in [0, 0.1) is 0 Å². The maximum absolute atomic E-state index is 11.7. The monoisotopic (exact) mass is 339 g/mol. The summed E-state index contributed by atoms with van der Waals surface area (Å²) in [5.74, 6) is -0.822. The summed E-state index contributed by atoms with van der Waals surface area (Å²) in [4.78, 5) is 0. The summed E-state index contributed by atoms with van der Waals surface area (Å²) < 4.78 is 69.2. The van der Waals surface area contributed by atoms with Crippen LogP contribution < -0.4 is 4.72 Å². The highest BCUT2D eigenvalue weighted by Gasteiger charge is 2.32. The van der Waals surface area contributed by atoms with E-state index in [-0.39, 0.29) is 30.9 Å². The highest BCUT2D eigenvalue weighted by Crippen LogP contribution is 2.18. The van der Waals surface area contributed by atoms with E-state index in [9.17, 15) is 25.3 Å². The van der Waals surface area contributed by atoms with Crippen LogP contribution in [0.3, 0.4) is 0 Å². The second-order valence-electron chi connectivity index (χ2n) is 4.03. The molecular weight excluding hydrogens is 326 g/mol. The third-order valence-corrected chi connectivity index (χ3v) is 7.42. The second-order valence-corrected chi connectivity index (χ2v) is 11.3. The fraction of sp³-hybridized carbons (Fsp3) is 1.00. The zero-order valence-electron chi connectivity index (χ0n) is 9.37. The van der Waals surface area contributed by atoms with Crippen molar-refractivity contribution < 1.29 is 25.3 Å². The van der Waals surface area contributed by atoms with Gasteiger partial charge < -0.3 is 0 Å². The second kappa shape index (κ2) is 5.61. The third-order valence-electron chi connectivity index (χ3n) is 2.59. The predicted molar refractivity (Wildman–Crippen MR) is 68.2 cm³/mol. The first-order valence-electron chi connectivity index (χ1n) is 5.13. The molecule has 0 amide bonds. The Hall–Kier alpha value is 0.1000. The van der Waals surface area contributed by atoms with Gasteiger partial charge in [-0.25, -0.2) is 30.0 Å². The van der Waals surface area contributed by atoms with Crippen LogP contribution in [-0.2, 0) is 28.9 Å². The molecule has 0 unspecified atom stereocenters. The van der Waals surface area contributed by atoms with Crippen molar-refractivity contribution in [3.63, 3.8) is 0 Å². The largest absolute Gasteiger partial charge is 0.233 e. The molecule has 7 nitrogen and oxygen atoms in total. The molecule has 1 aliphatic heterocycles. The number of hydrogen-bond acceptors (Lipinski definition) is 6. The zero-order valence-corrected chi connectivity index (χ0v) is 12.6. The number of hydrogen-bond donors (Lipinski definition) is 1. The Balaban J connectivity index is 2.55. The van der Waals surface area contributed by atoms with Crippen molar-refractivity contribution >= 4 is 39.6 Å². The Kier molecular flexibility index (Phi) is 5.04. The van der Waals surface area contributed by atoms with Gasteiger partial charge in [-0.2, -0.15) is 0 Å². The molecule has 1 heterocycles. The van der Waals surface area contributed by atoms with Gasteiger partial charge in [-0.05, 0) is 12.8 Å². The number of rotatable bonds is 5. The molecule has 18 heavy (non-hydrogen) atoms. The quantitative estimate of drug-likeness (QED) is 0.646. The van der Waals surface area contributed by atoms with Gasteiger partial charge in [0.05, 0.1) is 22.5 Å². The number of nitrogens with one attached hydrogen (secondary N) is 1. The third kappa shape index (κ3) is 5.39. The summed E-state index contributed by atoms with van der Waals surface area (Å²) in [5.41, 5.74) is 0. The number of sulfone groups is 1. The van der Waals surface area contributed by atoms with Gasteiger partial charge in [-0.15, -0.1) is 0 Å². The van der Waals surface area contributed by atoms with E-state index in [1.807, 2.05) is 0 Å². The minimum Gasteiger partial charge on any atom is -0.229 e. The summed E-state index contributed by atoms with van der Waals surface area (Å²) in [6, 6.07) is 0. The first-order chi connectivity index (χ1) is 8.02. The van der Waals surface area contributed by atoms with E-state index in [0.717, 1.165) is 0 Å². The highest BCUT2D eigenvalue weighted by atomic mass is 35.7. The van der Waals surface area contributed by atoms with Gasteiger partial charge in [0.25, 0.3) is 0 Å². The molecular formula is C7H14ClNO6S3. The Morgan fingerprint density at radius 3 is 2.06 bits per heavy atom. The van der Waals surface area contributed by atoms with E-state index < -0.39 is 39.9 Å². The van der Waals surface area contributed by atoms with Crippen LogP contribution in [0.5, 0.6) is 0 Å². The van der Waals surface area contributed by atoms with Crippen LogP contribution in [0.4, 0.5) is 0 Å². The molecule has 1 rings (SSSR count). The SMILES string of the molecule is O=S(=O)(Cl)CCNS(=O)(=O)C1CCS(=O)(=O)CC1. The van der Waals surface area contributed by atoms with Crippen LogP contribution in [-0.4, -0.2) is 54.3 Å². The molecule has 0 aliphatic carbocycles. The molecule has 0 aromatic carbocycles. The average molecular weight is 340 g/mol.